The first-order valence-electron chi connectivity index (χ1n) is 7.60. The number of carbonyl (C=O) groups excluding carboxylic acids is 1. The number of carbonyl (C=O) groups is 1. The second-order valence-electron chi connectivity index (χ2n) is 5.75. The topological polar surface area (TPSA) is 46.1 Å². The predicted molar refractivity (Wildman–Crippen MR) is 84.3 cm³/mol. The van der Waals surface area contributed by atoms with Crippen LogP contribution in [0.3, 0.4) is 0 Å². The molecule has 24 heavy (non-hydrogen) atoms. The van der Waals surface area contributed by atoms with Gasteiger partial charge in [-0.25, -0.2) is 18.7 Å². The van der Waals surface area contributed by atoms with Crippen LogP contribution < -0.4 is 0 Å². The molecule has 0 N–H and O–H groups in total. The monoisotopic (exact) mass is 325 g/mol. The van der Waals surface area contributed by atoms with Crippen molar-refractivity contribution in [3.05, 3.63) is 71.1 Å². The molecule has 1 aliphatic rings. The van der Waals surface area contributed by atoms with E-state index in [0.29, 0.717) is 25.2 Å². The summed E-state index contributed by atoms with van der Waals surface area (Å²) in [5.41, 5.74) is 2.40. The van der Waals surface area contributed by atoms with E-state index in [1.807, 2.05) is 18.2 Å². The number of rotatable bonds is 1. The van der Waals surface area contributed by atoms with Gasteiger partial charge in [0.2, 0.25) is 0 Å². The van der Waals surface area contributed by atoms with Crippen LogP contribution in [0.25, 0.3) is 11.0 Å². The molecule has 1 aromatic carbocycles. The van der Waals surface area contributed by atoms with Crippen molar-refractivity contribution < 1.29 is 13.6 Å². The van der Waals surface area contributed by atoms with Crippen molar-refractivity contribution in [2.24, 2.45) is 0 Å². The minimum atomic E-state index is -0.841. The molecule has 4 rings (SSSR count). The second kappa shape index (κ2) is 5.63. The Bertz CT molecular complexity index is 958. The molecule has 0 fully saturated rings. The summed E-state index contributed by atoms with van der Waals surface area (Å²) in [4.78, 5) is 22.9. The second-order valence-corrected chi connectivity index (χ2v) is 5.75. The van der Waals surface area contributed by atoms with Crippen LogP contribution in [-0.4, -0.2) is 27.3 Å². The zero-order valence-corrected chi connectivity index (χ0v) is 12.7. The van der Waals surface area contributed by atoms with Crippen LogP contribution >= 0.6 is 0 Å². The van der Waals surface area contributed by atoms with Crippen molar-refractivity contribution >= 4 is 16.9 Å². The SMILES string of the molecule is O=C(c1ccc(F)cc1F)N1CCc2nc3ncccc3cc2C1. The summed E-state index contributed by atoms with van der Waals surface area (Å²) in [6.45, 7) is 0.788. The van der Waals surface area contributed by atoms with Gasteiger partial charge in [0.25, 0.3) is 5.91 Å². The number of pyridine rings is 2. The lowest BCUT2D eigenvalue weighted by Crippen LogP contribution is -2.36. The van der Waals surface area contributed by atoms with E-state index < -0.39 is 17.5 Å². The molecule has 120 valence electrons. The maximum absolute atomic E-state index is 13.9. The highest BCUT2D eigenvalue weighted by atomic mass is 19.1. The maximum atomic E-state index is 13.9. The van der Waals surface area contributed by atoms with E-state index in [-0.39, 0.29) is 5.56 Å². The molecule has 0 atom stereocenters. The van der Waals surface area contributed by atoms with E-state index in [1.165, 1.54) is 6.07 Å². The molecule has 6 heteroatoms. The Hall–Kier alpha value is -2.89. The molecule has 1 aliphatic heterocycles. The van der Waals surface area contributed by atoms with Gasteiger partial charge < -0.3 is 4.90 Å². The number of hydrogen-bond acceptors (Lipinski definition) is 3. The summed E-state index contributed by atoms with van der Waals surface area (Å²) < 4.78 is 26.9. The summed E-state index contributed by atoms with van der Waals surface area (Å²) in [5, 5.41) is 0.901. The molecule has 0 bridgehead atoms. The van der Waals surface area contributed by atoms with E-state index in [9.17, 15) is 13.6 Å². The van der Waals surface area contributed by atoms with Crippen molar-refractivity contribution in [3.63, 3.8) is 0 Å². The van der Waals surface area contributed by atoms with Crippen LogP contribution in [0.2, 0.25) is 0 Å². The number of benzene rings is 1. The maximum Gasteiger partial charge on any atom is 0.257 e. The highest BCUT2D eigenvalue weighted by Crippen LogP contribution is 2.23. The van der Waals surface area contributed by atoms with Crippen LogP contribution in [0.4, 0.5) is 8.78 Å². The molecule has 4 nitrogen and oxygen atoms in total. The Morgan fingerprint density at radius 2 is 2.04 bits per heavy atom. The molecule has 0 spiro atoms. The first-order chi connectivity index (χ1) is 11.6. The lowest BCUT2D eigenvalue weighted by atomic mass is 10.0. The number of amides is 1. The van der Waals surface area contributed by atoms with E-state index >= 15 is 0 Å². The van der Waals surface area contributed by atoms with E-state index in [4.69, 9.17) is 0 Å². The van der Waals surface area contributed by atoms with Gasteiger partial charge in [-0.3, -0.25) is 4.79 Å². The Balaban J connectivity index is 1.66. The number of nitrogens with zero attached hydrogens (tertiary/aromatic N) is 3. The minimum absolute atomic E-state index is 0.115. The van der Waals surface area contributed by atoms with Gasteiger partial charge in [0.15, 0.2) is 5.65 Å². The average Bonchev–Trinajstić information content (AvgIpc) is 2.59. The fourth-order valence-corrected chi connectivity index (χ4v) is 2.97. The zero-order valence-electron chi connectivity index (χ0n) is 12.7. The van der Waals surface area contributed by atoms with Crippen molar-refractivity contribution in [1.29, 1.82) is 0 Å². The average molecular weight is 325 g/mol. The highest BCUT2D eigenvalue weighted by molar-refractivity contribution is 5.94. The van der Waals surface area contributed by atoms with Crippen molar-refractivity contribution in [3.8, 4) is 0 Å². The van der Waals surface area contributed by atoms with Crippen molar-refractivity contribution in [2.75, 3.05) is 6.54 Å². The summed E-state index contributed by atoms with van der Waals surface area (Å²) in [6, 6.07) is 8.71. The van der Waals surface area contributed by atoms with Gasteiger partial charge in [0, 0.05) is 42.9 Å². The van der Waals surface area contributed by atoms with Crippen LogP contribution in [0.1, 0.15) is 21.6 Å². The number of halogens is 2. The first kappa shape index (κ1) is 14.7. The van der Waals surface area contributed by atoms with E-state index in [1.54, 1.807) is 11.1 Å². The molecule has 1 amide bonds. The first-order valence-corrected chi connectivity index (χ1v) is 7.60. The molecule has 2 aromatic heterocycles. The molecule has 0 unspecified atom stereocenters. The quantitative estimate of drug-likeness (QED) is 0.691. The third kappa shape index (κ3) is 2.50. The van der Waals surface area contributed by atoms with Gasteiger partial charge in [-0.05, 0) is 35.9 Å². The van der Waals surface area contributed by atoms with Crippen LogP contribution in [0.5, 0.6) is 0 Å². The molecule has 3 aromatic rings. The summed E-state index contributed by atoms with van der Waals surface area (Å²) >= 11 is 0. The van der Waals surface area contributed by atoms with Crippen molar-refractivity contribution in [2.45, 2.75) is 13.0 Å². The molecule has 0 aliphatic carbocycles. The molecule has 0 saturated heterocycles. The van der Waals surface area contributed by atoms with E-state index in [0.717, 1.165) is 28.8 Å². The van der Waals surface area contributed by atoms with Gasteiger partial charge in [0.05, 0.1) is 5.56 Å². The normalized spacial score (nSPS) is 13.8. The van der Waals surface area contributed by atoms with Crippen molar-refractivity contribution in [1.82, 2.24) is 14.9 Å². The van der Waals surface area contributed by atoms with Gasteiger partial charge >= 0.3 is 0 Å². The fraction of sp³-hybridized carbons (Fsp3) is 0.167. The third-order valence-electron chi connectivity index (χ3n) is 4.19. The Labute approximate surface area is 136 Å². The zero-order chi connectivity index (χ0) is 16.7. The van der Waals surface area contributed by atoms with Gasteiger partial charge in [-0.15, -0.1) is 0 Å². The molecule has 0 saturated carbocycles. The summed E-state index contributed by atoms with van der Waals surface area (Å²) in [6.07, 6.45) is 2.27. The molecular formula is C18H13F2N3O. The third-order valence-corrected chi connectivity index (χ3v) is 4.19. The van der Waals surface area contributed by atoms with Crippen LogP contribution in [0, 0.1) is 11.6 Å². The largest absolute Gasteiger partial charge is 0.334 e. The fourth-order valence-electron chi connectivity index (χ4n) is 2.97. The highest BCUT2D eigenvalue weighted by Gasteiger charge is 2.25. The number of aromatic nitrogens is 2. The van der Waals surface area contributed by atoms with Gasteiger partial charge in [-0.2, -0.15) is 0 Å². The Kier molecular flexibility index (Phi) is 3.45. The molecule has 3 heterocycles. The lowest BCUT2D eigenvalue weighted by molar-refractivity contribution is 0.0729. The predicted octanol–water partition coefficient (Wildman–Crippen LogP) is 3.11. The number of fused-ring (bicyclic) bond motifs is 2. The Morgan fingerprint density at radius 3 is 2.88 bits per heavy atom. The molecule has 0 radical (unpaired) electrons. The number of hydrogen-bond donors (Lipinski definition) is 0. The minimum Gasteiger partial charge on any atom is -0.334 e. The summed E-state index contributed by atoms with van der Waals surface area (Å²) in [7, 11) is 0. The smallest absolute Gasteiger partial charge is 0.257 e. The lowest BCUT2D eigenvalue weighted by Gasteiger charge is -2.28. The van der Waals surface area contributed by atoms with Crippen LogP contribution in [0.15, 0.2) is 42.6 Å². The summed E-state index contributed by atoms with van der Waals surface area (Å²) in [5.74, 6) is -1.98. The van der Waals surface area contributed by atoms with E-state index in [2.05, 4.69) is 9.97 Å². The van der Waals surface area contributed by atoms with Gasteiger partial charge in [-0.1, -0.05) is 0 Å². The van der Waals surface area contributed by atoms with Crippen LogP contribution in [-0.2, 0) is 13.0 Å². The standard InChI is InChI=1S/C18H13F2N3O/c19-13-3-4-14(15(20)9-13)18(24)23-7-5-16-12(10-23)8-11-2-1-6-21-17(11)22-16/h1-4,6,8-9H,5,7,10H2. The Morgan fingerprint density at radius 1 is 1.17 bits per heavy atom. The van der Waals surface area contributed by atoms with Gasteiger partial charge in [0.1, 0.15) is 11.6 Å². The molecular weight excluding hydrogens is 312 g/mol.